The number of unbranched alkanes of at least 4 members (excludes halogenated alkanes) is 6. The summed E-state index contributed by atoms with van der Waals surface area (Å²) >= 11 is 0. The zero-order valence-corrected chi connectivity index (χ0v) is 18.2. The van der Waals surface area contributed by atoms with Gasteiger partial charge in [-0.1, -0.05) is 58.8 Å². The molecular weight excluding hydrogens is 376 g/mol. The molecule has 0 bridgehead atoms. The molecule has 0 aliphatic heterocycles. The fourth-order valence-corrected chi connectivity index (χ4v) is 3.56. The summed E-state index contributed by atoms with van der Waals surface area (Å²) in [5, 5.41) is 8.66. The van der Waals surface area contributed by atoms with Gasteiger partial charge in [0.15, 0.2) is 0 Å². The van der Waals surface area contributed by atoms with Crippen LogP contribution >= 0.6 is 0 Å². The minimum atomic E-state index is -1.29. The van der Waals surface area contributed by atoms with Crippen molar-refractivity contribution in [1.82, 2.24) is 0 Å². The summed E-state index contributed by atoms with van der Waals surface area (Å²) in [4.78, 5) is 22.3. The summed E-state index contributed by atoms with van der Waals surface area (Å²) in [6.07, 6.45) is 9.82. The Labute approximate surface area is 175 Å². The van der Waals surface area contributed by atoms with Gasteiger partial charge in [-0.2, -0.15) is 0 Å². The molecule has 170 valence electrons. The van der Waals surface area contributed by atoms with Gasteiger partial charge in [0.2, 0.25) is 0 Å². The Morgan fingerprint density at radius 1 is 0.862 bits per heavy atom. The van der Waals surface area contributed by atoms with Gasteiger partial charge in [-0.15, -0.1) is 0 Å². The highest BCUT2D eigenvalue weighted by atomic mass is 16.7. The topological polar surface area (TPSA) is 91.3 Å². The number of ether oxygens (including phenoxy) is 4. The molecule has 1 rings (SSSR count). The summed E-state index contributed by atoms with van der Waals surface area (Å²) < 4.78 is 20.5. The van der Waals surface area contributed by atoms with Crippen molar-refractivity contribution in [3.63, 3.8) is 0 Å². The minimum Gasteiger partial charge on any atom is -0.450 e. The average Bonchev–Trinajstić information content (AvgIpc) is 2.65. The van der Waals surface area contributed by atoms with E-state index in [9.17, 15) is 9.59 Å². The maximum Gasteiger partial charge on any atom is 0.508 e. The van der Waals surface area contributed by atoms with Crippen LogP contribution in [-0.4, -0.2) is 49.4 Å². The molecule has 0 radical (unpaired) electrons. The van der Waals surface area contributed by atoms with E-state index in [1.807, 2.05) is 0 Å². The standard InChI is InChI=1S/C22H40O7/c1-18(2)11-8-6-4-3-5-7-9-14-26-15-16-27-22(25)29-20-13-10-12-19(17-20)28-21(23)24/h18-20H,3-17H2,1-2H3,(H,23,24). The van der Waals surface area contributed by atoms with Crippen molar-refractivity contribution in [3.8, 4) is 0 Å². The first kappa shape index (κ1) is 25.5. The number of carbonyl (C=O) groups is 2. The Morgan fingerprint density at radius 3 is 2.14 bits per heavy atom. The van der Waals surface area contributed by atoms with Gasteiger partial charge >= 0.3 is 12.3 Å². The Bertz CT molecular complexity index is 439. The molecule has 0 aromatic rings. The highest BCUT2D eigenvalue weighted by Gasteiger charge is 2.27. The van der Waals surface area contributed by atoms with Gasteiger partial charge in [0.05, 0.1) is 6.61 Å². The molecule has 1 N–H and O–H groups in total. The predicted molar refractivity (Wildman–Crippen MR) is 110 cm³/mol. The maximum atomic E-state index is 11.7. The van der Waals surface area contributed by atoms with E-state index in [-0.39, 0.29) is 12.7 Å². The van der Waals surface area contributed by atoms with E-state index in [2.05, 4.69) is 13.8 Å². The molecule has 1 aliphatic rings. The van der Waals surface area contributed by atoms with Crippen molar-refractivity contribution < 1.29 is 33.6 Å². The largest absolute Gasteiger partial charge is 0.508 e. The smallest absolute Gasteiger partial charge is 0.450 e. The molecule has 0 aromatic heterocycles. The third kappa shape index (κ3) is 15.1. The summed E-state index contributed by atoms with van der Waals surface area (Å²) in [5.74, 6) is 0.816. The van der Waals surface area contributed by atoms with Crippen LogP contribution in [0.4, 0.5) is 9.59 Å². The number of carbonyl (C=O) groups excluding carboxylic acids is 1. The van der Waals surface area contributed by atoms with E-state index in [0.29, 0.717) is 32.5 Å². The highest BCUT2D eigenvalue weighted by molar-refractivity contribution is 5.60. The molecule has 0 saturated heterocycles. The third-order valence-electron chi connectivity index (χ3n) is 5.13. The number of hydrogen-bond acceptors (Lipinski definition) is 6. The maximum absolute atomic E-state index is 11.7. The van der Waals surface area contributed by atoms with Crippen LogP contribution in [0.1, 0.15) is 90.9 Å². The quantitative estimate of drug-likeness (QED) is 0.261. The Balaban J connectivity index is 1.88. The summed E-state index contributed by atoms with van der Waals surface area (Å²) in [5.41, 5.74) is 0. The zero-order chi connectivity index (χ0) is 21.3. The molecule has 29 heavy (non-hydrogen) atoms. The molecule has 1 aliphatic carbocycles. The predicted octanol–water partition coefficient (Wildman–Crippen LogP) is 5.94. The molecule has 0 heterocycles. The Hall–Kier alpha value is -1.50. The number of carboxylic acid groups (broad SMARTS) is 1. The van der Waals surface area contributed by atoms with Crippen molar-refractivity contribution in [1.29, 1.82) is 0 Å². The van der Waals surface area contributed by atoms with E-state index < -0.39 is 18.4 Å². The van der Waals surface area contributed by atoms with Crippen LogP contribution in [-0.2, 0) is 18.9 Å². The van der Waals surface area contributed by atoms with Crippen molar-refractivity contribution >= 4 is 12.3 Å². The molecule has 1 fully saturated rings. The number of hydrogen-bond donors (Lipinski definition) is 1. The second-order valence-electron chi connectivity index (χ2n) is 8.28. The van der Waals surface area contributed by atoms with Gasteiger partial charge < -0.3 is 24.1 Å². The van der Waals surface area contributed by atoms with Gasteiger partial charge in [0, 0.05) is 13.0 Å². The van der Waals surface area contributed by atoms with E-state index in [0.717, 1.165) is 18.8 Å². The van der Waals surface area contributed by atoms with Crippen LogP contribution in [0.3, 0.4) is 0 Å². The molecule has 2 atom stereocenters. The first-order valence-corrected chi connectivity index (χ1v) is 11.3. The Kier molecular flexibility index (Phi) is 14.4. The molecule has 2 unspecified atom stereocenters. The van der Waals surface area contributed by atoms with Crippen LogP contribution < -0.4 is 0 Å². The summed E-state index contributed by atoms with van der Waals surface area (Å²) in [6.45, 7) is 5.76. The van der Waals surface area contributed by atoms with Crippen LogP contribution in [0, 0.1) is 5.92 Å². The van der Waals surface area contributed by atoms with Crippen LogP contribution in [0.5, 0.6) is 0 Å². The lowest BCUT2D eigenvalue weighted by atomic mass is 9.95. The first-order valence-electron chi connectivity index (χ1n) is 11.3. The minimum absolute atomic E-state index is 0.163. The van der Waals surface area contributed by atoms with Crippen LogP contribution in [0.15, 0.2) is 0 Å². The van der Waals surface area contributed by atoms with Gasteiger partial charge in [0.25, 0.3) is 0 Å². The molecular formula is C22H40O7. The van der Waals surface area contributed by atoms with Gasteiger partial charge in [0.1, 0.15) is 18.8 Å². The highest BCUT2D eigenvalue weighted by Crippen LogP contribution is 2.24. The lowest BCUT2D eigenvalue weighted by Gasteiger charge is -2.27. The van der Waals surface area contributed by atoms with Crippen LogP contribution in [0.2, 0.25) is 0 Å². The van der Waals surface area contributed by atoms with Crippen molar-refractivity contribution in [3.05, 3.63) is 0 Å². The van der Waals surface area contributed by atoms with Crippen molar-refractivity contribution in [2.24, 2.45) is 5.92 Å². The SMILES string of the molecule is CC(C)CCCCCCCCCOCCOC(=O)OC1CCCC(OC(=O)O)C1. The van der Waals surface area contributed by atoms with Crippen molar-refractivity contribution in [2.45, 2.75) is 103 Å². The molecule has 0 spiro atoms. The van der Waals surface area contributed by atoms with Gasteiger partial charge in [-0.25, -0.2) is 9.59 Å². The number of rotatable bonds is 15. The summed E-state index contributed by atoms with van der Waals surface area (Å²) in [6, 6.07) is 0. The zero-order valence-electron chi connectivity index (χ0n) is 18.2. The van der Waals surface area contributed by atoms with Crippen LogP contribution in [0.25, 0.3) is 0 Å². The van der Waals surface area contributed by atoms with E-state index in [1.54, 1.807) is 0 Å². The van der Waals surface area contributed by atoms with E-state index in [4.69, 9.17) is 24.1 Å². The van der Waals surface area contributed by atoms with Gasteiger partial charge in [-0.3, -0.25) is 0 Å². The molecule has 1 saturated carbocycles. The first-order chi connectivity index (χ1) is 14.0. The van der Waals surface area contributed by atoms with E-state index >= 15 is 0 Å². The van der Waals surface area contributed by atoms with Gasteiger partial charge in [-0.05, 0) is 31.6 Å². The second-order valence-corrected chi connectivity index (χ2v) is 8.28. The monoisotopic (exact) mass is 416 g/mol. The molecule has 0 aromatic carbocycles. The second kappa shape index (κ2) is 16.3. The third-order valence-corrected chi connectivity index (χ3v) is 5.13. The lowest BCUT2D eigenvalue weighted by molar-refractivity contribution is -0.0330. The van der Waals surface area contributed by atoms with Crippen molar-refractivity contribution in [2.75, 3.05) is 19.8 Å². The normalized spacial score (nSPS) is 19.1. The Morgan fingerprint density at radius 2 is 1.48 bits per heavy atom. The molecule has 7 heteroatoms. The average molecular weight is 417 g/mol. The van der Waals surface area contributed by atoms with E-state index in [1.165, 1.54) is 44.9 Å². The molecule has 7 nitrogen and oxygen atoms in total. The lowest BCUT2D eigenvalue weighted by Crippen LogP contribution is -2.31. The molecule has 0 amide bonds. The fraction of sp³-hybridized carbons (Fsp3) is 0.909. The fourth-order valence-electron chi connectivity index (χ4n) is 3.56. The summed E-state index contributed by atoms with van der Waals surface area (Å²) in [7, 11) is 0.